The molecule has 3 aliphatic carbocycles. The average Bonchev–Trinajstić information content (AvgIpc) is 3.23. The molecule has 0 saturated heterocycles. The lowest BCUT2D eigenvalue weighted by molar-refractivity contribution is -0.123. The molecular formula is C32H43NO5S. The molecule has 2 aromatic carbocycles. The molecule has 0 spiro atoms. The van der Waals surface area contributed by atoms with E-state index >= 15 is 0 Å². The van der Waals surface area contributed by atoms with E-state index in [1.807, 2.05) is 13.8 Å². The van der Waals surface area contributed by atoms with Crippen molar-refractivity contribution >= 4 is 15.9 Å². The van der Waals surface area contributed by atoms with Gasteiger partial charge in [-0.05, 0) is 105 Å². The smallest absolute Gasteiger partial charge is 0.285 e. The Labute approximate surface area is 234 Å². The van der Waals surface area contributed by atoms with Crippen molar-refractivity contribution in [3.8, 4) is 5.75 Å². The predicted octanol–water partition coefficient (Wildman–Crippen LogP) is 6.85. The van der Waals surface area contributed by atoms with Crippen LogP contribution in [0.4, 0.5) is 0 Å². The SMILES string of the molecule is CCCOC(C[C@]1(OC)CC[C@H]2[C@@H]3CCc4cc(OC)ccc4[C@H]3CC[C@@]21C)=NS(=O)(=O)c1ccc(C)cc1. The first-order chi connectivity index (χ1) is 18.7. The number of hydrogen-bond acceptors (Lipinski definition) is 5. The summed E-state index contributed by atoms with van der Waals surface area (Å²) in [4.78, 5) is 0.186. The van der Waals surface area contributed by atoms with Crippen LogP contribution in [-0.2, 0) is 25.9 Å². The minimum atomic E-state index is -3.89. The Kier molecular flexibility index (Phi) is 7.86. The number of methoxy groups -OCH3 is 2. The predicted molar refractivity (Wildman–Crippen MR) is 154 cm³/mol. The molecule has 212 valence electrons. The first kappa shape index (κ1) is 28.2. The summed E-state index contributed by atoms with van der Waals surface area (Å²) in [7, 11) is -0.375. The topological polar surface area (TPSA) is 74.2 Å². The van der Waals surface area contributed by atoms with E-state index in [1.54, 1.807) is 38.5 Å². The van der Waals surface area contributed by atoms with Crippen LogP contribution in [0, 0.1) is 24.2 Å². The maximum atomic E-state index is 13.3. The minimum Gasteiger partial charge on any atom is -0.497 e. The summed E-state index contributed by atoms with van der Waals surface area (Å²) in [5.74, 6) is 2.86. The number of sulfonamides is 1. The lowest BCUT2D eigenvalue weighted by Crippen LogP contribution is -2.53. The van der Waals surface area contributed by atoms with Crippen molar-refractivity contribution in [3.05, 3.63) is 59.2 Å². The number of nitrogens with zero attached hydrogens (tertiary/aromatic N) is 1. The van der Waals surface area contributed by atoms with Crippen LogP contribution in [0.2, 0.25) is 0 Å². The van der Waals surface area contributed by atoms with E-state index in [0.29, 0.717) is 30.8 Å². The van der Waals surface area contributed by atoms with E-state index in [1.165, 1.54) is 17.5 Å². The Hall–Kier alpha value is -2.38. The van der Waals surface area contributed by atoms with Gasteiger partial charge >= 0.3 is 0 Å². The van der Waals surface area contributed by atoms with E-state index in [0.717, 1.165) is 49.8 Å². The lowest BCUT2D eigenvalue weighted by Gasteiger charge is -2.54. The highest BCUT2D eigenvalue weighted by Crippen LogP contribution is 2.66. The van der Waals surface area contributed by atoms with Gasteiger partial charge in [0.25, 0.3) is 10.0 Å². The summed E-state index contributed by atoms with van der Waals surface area (Å²) < 4.78 is 48.8. The second-order valence-corrected chi connectivity index (χ2v) is 13.6. The molecule has 2 saturated carbocycles. The van der Waals surface area contributed by atoms with Crippen LogP contribution in [0.15, 0.2) is 51.8 Å². The molecule has 0 radical (unpaired) electrons. The number of rotatable bonds is 8. The van der Waals surface area contributed by atoms with Gasteiger partial charge in [0.1, 0.15) is 5.75 Å². The fraction of sp³-hybridized carbons (Fsp3) is 0.594. The zero-order chi connectivity index (χ0) is 27.8. The molecule has 6 nitrogen and oxygen atoms in total. The molecular weight excluding hydrogens is 510 g/mol. The van der Waals surface area contributed by atoms with Crippen LogP contribution in [-0.4, -0.2) is 40.7 Å². The van der Waals surface area contributed by atoms with Gasteiger partial charge in [0.15, 0.2) is 0 Å². The van der Waals surface area contributed by atoms with E-state index in [9.17, 15) is 8.42 Å². The Bertz CT molecular complexity index is 1320. The second-order valence-electron chi connectivity index (χ2n) is 12.0. The van der Waals surface area contributed by atoms with Crippen LogP contribution in [0.3, 0.4) is 0 Å². The molecule has 0 N–H and O–H groups in total. The molecule has 39 heavy (non-hydrogen) atoms. The van der Waals surface area contributed by atoms with Crippen molar-refractivity contribution < 1.29 is 22.6 Å². The first-order valence-corrected chi connectivity index (χ1v) is 15.9. The van der Waals surface area contributed by atoms with Crippen LogP contribution in [0.25, 0.3) is 0 Å². The quantitative estimate of drug-likeness (QED) is 0.264. The highest BCUT2D eigenvalue weighted by Gasteiger charge is 2.63. The number of fused-ring (bicyclic) bond motifs is 5. The molecule has 5 atom stereocenters. The molecule has 0 heterocycles. The van der Waals surface area contributed by atoms with Gasteiger partial charge < -0.3 is 14.2 Å². The maximum Gasteiger partial charge on any atom is 0.285 e. The molecule has 0 bridgehead atoms. The van der Waals surface area contributed by atoms with Crippen molar-refractivity contribution in [2.45, 2.75) is 88.6 Å². The van der Waals surface area contributed by atoms with Gasteiger partial charge in [-0.15, -0.1) is 4.40 Å². The van der Waals surface area contributed by atoms with Crippen molar-refractivity contribution in [1.82, 2.24) is 0 Å². The average molecular weight is 554 g/mol. The highest BCUT2D eigenvalue weighted by molar-refractivity contribution is 7.90. The van der Waals surface area contributed by atoms with Gasteiger partial charge in [0.05, 0.1) is 30.6 Å². The zero-order valence-corrected chi connectivity index (χ0v) is 24.9. The fourth-order valence-corrected chi connectivity index (χ4v) is 8.92. The molecule has 0 amide bonds. The van der Waals surface area contributed by atoms with Crippen molar-refractivity contribution in [2.24, 2.45) is 21.6 Å². The summed E-state index contributed by atoms with van der Waals surface area (Å²) in [6, 6.07) is 13.4. The number of benzene rings is 2. The molecule has 0 aliphatic heterocycles. The van der Waals surface area contributed by atoms with Gasteiger partial charge in [-0.25, -0.2) is 0 Å². The van der Waals surface area contributed by atoms with Crippen LogP contribution < -0.4 is 4.74 Å². The summed E-state index contributed by atoms with van der Waals surface area (Å²) in [6.07, 6.45) is 7.46. The van der Waals surface area contributed by atoms with Crippen LogP contribution in [0.5, 0.6) is 5.75 Å². The standard InChI is InChI=1S/C32H43NO5S/c1-6-19-38-30(33-39(34,35)25-11-7-22(2)8-12-25)21-32(37-5)18-16-29-28-13-9-23-20-24(36-4)10-14-26(23)27(28)15-17-31(29,32)3/h7-8,10-12,14,20,27-29H,6,9,13,15-19,21H2,1-5H3/t27-,28-,29+,31+,32-/m1/s1. The van der Waals surface area contributed by atoms with Gasteiger partial charge in [-0.3, -0.25) is 0 Å². The minimum absolute atomic E-state index is 0.0865. The Morgan fingerprint density at radius 1 is 1.05 bits per heavy atom. The summed E-state index contributed by atoms with van der Waals surface area (Å²) in [5.41, 5.74) is 3.32. The monoisotopic (exact) mass is 553 g/mol. The largest absolute Gasteiger partial charge is 0.497 e. The van der Waals surface area contributed by atoms with Crippen molar-refractivity contribution in [3.63, 3.8) is 0 Å². The molecule has 3 aliphatic rings. The summed E-state index contributed by atoms with van der Waals surface area (Å²) in [6.45, 7) is 6.75. The van der Waals surface area contributed by atoms with E-state index in [2.05, 4.69) is 29.5 Å². The normalized spacial score (nSPS) is 30.3. The molecule has 0 aromatic heterocycles. The summed E-state index contributed by atoms with van der Waals surface area (Å²) >= 11 is 0. The molecule has 5 rings (SSSR count). The third-order valence-electron chi connectivity index (χ3n) is 10.1. The molecule has 0 unspecified atom stereocenters. The molecule has 2 fully saturated rings. The number of ether oxygens (including phenoxy) is 3. The van der Waals surface area contributed by atoms with Gasteiger partial charge in [-0.2, -0.15) is 8.42 Å². The lowest BCUT2D eigenvalue weighted by atomic mass is 9.53. The molecule has 2 aromatic rings. The van der Waals surface area contributed by atoms with Gasteiger partial charge in [0, 0.05) is 12.5 Å². The molecule has 7 heteroatoms. The number of aryl methyl sites for hydroxylation is 2. The third-order valence-corrected chi connectivity index (χ3v) is 11.4. The Morgan fingerprint density at radius 3 is 2.51 bits per heavy atom. The Morgan fingerprint density at radius 2 is 1.82 bits per heavy atom. The van der Waals surface area contributed by atoms with Crippen LogP contribution >= 0.6 is 0 Å². The highest BCUT2D eigenvalue weighted by atomic mass is 32.2. The van der Waals surface area contributed by atoms with Gasteiger partial charge in [-0.1, -0.05) is 37.6 Å². The fourth-order valence-electron chi connectivity index (χ4n) is 7.95. The van der Waals surface area contributed by atoms with Crippen molar-refractivity contribution in [2.75, 3.05) is 20.8 Å². The van der Waals surface area contributed by atoms with E-state index in [-0.39, 0.29) is 16.2 Å². The van der Waals surface area contributed by atoms with Crippen molar-refractivity contribution in [1.29, 1.82) is 0 Å². The zero-order valence-electron chi connectivity index (χ0n) is 24.0. The third kappa shape index (κ3) is 5.01. The second kappa shape index (κ2) is 10.9. The summed E-state index contributed by atoms with van der Waals surface area (Å²) in [5, 5.41) is 0. The van der Waals surface area contributed by atoms with Gasteiger partial charge in [0.2, 0.25) is 5.90 Å². The first-order valence-electron chi connectivity index (χ1n) is 14.4. The van der Waals surface area contributed by atoms with Crippen LogP contribution in [0.1, 0.15) is 81.4 Å². The Balaban J connectivity index is 1.44. The maximum absolute atomic E-state index is 13.3. The van der Waals surface area contributed by atoms with E-state index < -0.39 is 15.6 Å². The van der Waals surface area contributed by atoms with E-state index in [4.69, 9.17) is 14.2 Å². The number of hydrogen-bond donors (Lipinski definition) is 0.